The van der Waals surface area contributed by atoms with Crippen LogP contribution in [0, 0.1) is 0 Å². The molecule has 110 valence electrons. The summed E-state index contributed by atoms with van der Waals surface area (Å²) in [5, 5.41) is 1.35. The number of hydrogen-bond donors (Lipinski definition) is 0. The van der Waals surface area contributed by atoms with Gasteiger partial charge < -0.3 is 0 Å². The summed E-state index contributed by atoms with van der Waals surface area (Å²) < 4.78 is 0. The fourth-order valence-corrected chi connectivity index (χ4v) is 2.41. The van der Waals surface area contributed by atoms with Gasteiger partial charge in [-0.05, 0) is 49.9 Å². The molecule has 2 aromatic carbocycles. The van der Waals surface area contributed by atoms with Crippen molar-refractivity contribution in [3.05, 3.63) is 69.7 Å². The highest BCUT2D eigenvalue weighted by Gasteiger charge is 2.20. The lowest BCUT2D eigenvalue weighted by atomic mass is 10.0. The van der Waals surface area contributed by atoms with Crippen LogP contribution >= 0.6 is 23.2 Å². The number of ketones is 1. The zero-order valence-corrected chi connectivity index (χ0v) is 13.5. The predicted octanol–water partition coefficient (Wildman–Crippen LogP) is 4.70. The van der Waals surface area contributed by atoms with Crippen molar-refractivity contribution in [1.82, 2.24) is 4.90 Å². The molecule has 0 aromatic heterocycles. The molecule has 0 heterocycles. The molecule has 0 fully saturated rings. The maximum Gasteiger partial charge on any atom is 0.179 e. The topological polar surface area (TPSA) is 20.3 Å². The molecule has 2 rings (SSSR count). The Morgan fingerprint density at radius 1 is 1.10 bits per heavy atom. The van der Waals surface area contributed by atoms with Crippen LogP contribution in [0.15, 0.2) is 48.5 Å². The van der Waals surface area contributed by atoms with Crippen molar-refractivity contribution in [3.63, 3.8) is 0 Å². The summed E-state index contributed by atoms with van der Waals surface area (Å²) in [6.45, 7) is 2.52. The number of Topliss-reactive ketones (excluding diaryl/α,β-unsaturated/α-hetero) is 1. The quantitative estimate of drug-likeness (QED) is 0.744. The lowest BCUT2D eigenvalue weighted by Crippen LogP contribution is -2.35. The zero-order chi connectivity index (χ0) is 15.4. The van der Waals surface area contributed by atoms with E-state index in [0.29, 0.717) is 17.1 Å². The standard InChI is InChI=1S/C17H17Cl2NO/c1-12(17(21)13-7-9-15(18)10-8-13)20(2)11-14-5-3-4-6-16(14)19/h3-10,12H,11H2,1-2H3. The molecule has 1 unspecified atom stereocenters. The summed E-state index contributed by atoms with van der Waals surface area (Å²) in [7, 11) is 1.92. The zero-order valence-electron chi connectivity index (χ0n) is 12.0. The Balaban J connectivity index is 2.08. The number of halogens is 2. The molecule has 0 saturated carbocycles. The second-order valence-corrected chi connectivity index (χ2v) is 5.90. The Bertz CT molecular complexity index is 625. The van der Waals surface area contributed by atoms with Crippen molar-refractivity contribution >= 4 is 29.0 Å². The molecule has 0 bridgehead atoms. The van der Waals surface area contributed by atoms with Crippen LogP contribution in [-0.4, -0.2) is 23.8 Å². The second kappa shape index (κ2) is 7.08. The molecule has 2 aromatic rings. The van der Waals surface area contributed by atoms with E-state index in [9.17, 15) is 4.79 Å². The maximum absolute atomic E-state index is 12.5. The molecule has 4 heteroatoms. The van der Waals surface area contributed by atoms with Gasteiger partial charge in [-0.2, -0.15) is 0 Å². The van der Waals surface area contributed by atoms with Gasteiger partial charge >= 0.3 is 0 Å². The van der Waals surface area contributed by atoms with Crippen molar-refractivity contribution < 1.29 is 4.79 Å². The molecule has 0 aliphatic heterocycles. The Labute approximate surface area is 135 Å². The van der Waals surface area contributed by atoms with Gasteiger partial charge in [0.1, 0.15) is 0 Å². The van der Waals surface area contributed by atoms with Crippen LogP contribution in [0.5, 0.6) is 0 Å². The Hall–Kier alpha value is -1.35. The average Bonchev–Trinajstić information content (AvgIpc) is 2.49. The molecule has 0 amide bonds. The summed E-state index contributed by atoms with van der Waals surface area (Å²) >= 11 is 12.0. The first-order valence-electron chi connectivity index (χ1n) is 6.72. The van der Waals surface area contributed by atoms with Crippen molar-refractivity contribution in [3.8, 4) is 0 Å². The van der Waals surface area contributed by atoms with Gasteiger partial charge in [0.15, 0.2) is 5.78 Å². The Morgan fingerprint density at radius 3 is 2.33 bits per heavy atom. The third-order valence-electron chi connectivity index (χ3n) is 3.55. The molecule has 0 N–H and O–H groups in total. The van der Waals surface area contributed by atoms with Gasteiger partial charge in [0.05, 0.1) is 6.04 Å². The highest BCUT2D eigenvalue weighted by atomic mass is 35.5. The van der Waals surface area contributed by atoms with Gasteiger partial charge in [0, 0.05) is 22.2 Å². The van der Waals surface area contributed by atoms with Crippen molar-refractivity contribution in [1.29, 1.82) is 0 Å². The Kier molecular flexibility index (Phi) is 5.40. The smallest absolute Gasteiger partial charge is 0.179 e. The SMILES string of the molecule is CC(C(=O)c1ccc(Cl)cc1)N(C)Cc1ccccc1Cl. The van der Waals surface area contributed by atoms with Gasteiger partial charge in [-0.15, -0.1) is 0 Å². The molecule has 0 aliphatic rings. The molecule has 21 heavy (non-hydrogen) atoms. The number of rotatable bonds is 5. The van der Waals surface area contributed by atoms with Crippen LogP contribution in [0.25, 0.3) is 0 Å². The molecule has 0 spiro atoms. The van der Waals surface area contributed by atoms with E-state index in [2.05, 4.69) is 0 Å². The van der Waals surface area contributed by atoms with E-state index in [0.717, 1.165) is 10.6 Å². The summed E-state index contributed by atoms with van der Waals surface area (Å²) in [4.78, 5) is 14.4. The van der Waals surface area contributed by atoms with Crippen LogP contribution in [0.1, 0.15) is 22.8 Å². The number of nitrogens with zero attached hydrogens (tertiary/aromatic N) is 1. The minimum absolute atomic E-state index is 0.0706. The number of benzene rings is 2. The van der Waals surface area contributed by atoms with Gasteiger partial charge in [-0.25, -0.2) is 0 Å². The summed E-state index contributed by atoms with van der Waals surface area (Å²) in [6.07, 6.45) is 0. The normalized spacial score (nSPS) is 12.4. The van der Waals surface area contributed by atoms with Crippen LogP contribution in [0.2, 0.25) is 10.0 Å². The van der Waals surface area contributed by atoms with Crippen LogP contribution in [0.3, 0.4) is 0 Å². The van der Waals surface area contributed by atoms with E-state index in [1.807, 2.05) is 43.1 Å². The third-order valence-corrected chi connectivity index (χ3v) is 4.17. The fourth-order valence-electron chi connectivity index (χ4n) is 2.09. The lowest BCUT2D eigenvalue weighted by Gasteiger charge is -2.24. The fraction of sp³-hybridized carbons (Fsp3) is 0.235. The van der Waals surface area contributed by atoms with Crippen LogP contribution in [0.4, 0.5) is 0 Å². The van der Waals surface area contributed by atoms with Gasteiger partial charge in [0.25, 0.3) is 0 Å². The predicted molar refractivity (Wildman–Crippen MR) is 88.2 cm³/mol. The monoisotopic (exact) mass is 321 g/mol. The third kappa shape index (κ3) is 4.07. The second-order valence-electron chi connectivity index (χ2n) is 5.05. The van der Waals surface area contributed by atoms with Gasteiger partial charge in [0.2, 0.25) is 0 Å². The molecular weight excluding hydrogens is 305 g/mol. The highest BCUT2D eigenvalue weighted by Crippen LogP contribution is 2.19. The van der Waals surface area contributed by atoms with E-state index in [1.54, 1.807) is 24.3 Å². The lowest BCUT2D eigenvalue weighted by molar-refractivity contribution is 0.0862. The molecule has 2 nitrogen and oxygen atoms in total. The molecule has 0 aliphatic carbocycles. The molecule has 0 radical (unpaired) electrons. The van der Waals surface area contributed by atoms with Gasteiger partial charge in [-0.3, -0.25) is 9.69 Å². The van der Waals surface area contributed by atoms with Crippen LogP contribution in [-0.2, 0) is 6.54 Å². The minimum Gasteiger partial charge on any atom is -0.292 e. The number of carbonyl (C=O) groups is 1. The van der Waals surface area contributed by atoms with E-state index in [-0.39, 0.29) is 11.8 Å². The first kappa shape index (κ1) is 16.0. The van der Waals surface area contributed by atoms with Gasteiger partial charge in [-0.1, -0.05) is 41.4 Å². The summed E-state index contributed by atoms with van der Waals surface area (Å²) in [6, 6.07) is 14.4. The minimum atomic E-state index is -0.234. The molecule has 0 saturated heterocycles. The first-order valence-corrected chi connectivity index (χ1v) is 7.48. The van der Waals surface area contributed by atoms with E-state index in [1.165, 1.54) is 0 Å². The highest BCUT2D eigenvalue weighted by molar-refractivity contribution is 6.31. The number of likely N-dealkylation sites (N-methyl/N-ethyl adjacent to an activating group) is 1. The van der Waals surface area contributed by atoms with E-state index >= 15 is 0 Å². The van der Waals surface area contributed by atoms with E-state index in [4.69, 9.17) is 23.2 Å². The summed E-state index contributed by atoms with van der Waals surface area (Å²) in [5.74, 6) is 0.0706. The first-order chi connectivity index (χ1) is 9.99. The van der Waals surface area contributed by atoms with Crippen molar-refractivity contribution in [2.75, 3.05) is 7.05 Å². The molecule has 1 atom stereocenters. The largest absolute Gasteiger partial charge is 0.292 e. The summed E-state index contributed by atoms with van der Waals surface area (Å²) in [5.41, 5.74) is 1.68. The number of carbonyl (C=O) groups excluding carboxylic acids is 1. The Morgan fingerprint density at radius 2 is 1.71 bits per heavy atom. The molecular formula is C17H17Cl2NO. The maximum atomic E-state index is 12.5. The average molecular weight is 322 g/mol. The number of hydrogen-bond acceptors (Lipinski definition) is 2. The van der Waals surface area contributed by atoms with Crippen molar-refractivity contribution in [2.24, 2.45) is 0 Å². The van der Waals surface area contributed by atoms with E-state index < -0.39 is 0 Å². The van der Waals surface area contributed by atoms with Crippen LogP contribution < -0.4 is 0 Å². The van der Waals surface area contributed by atoms with Crippen molar-refractivity contribution in [2.45, 2.75) is 19.5 Å².